The summed E-state index contributed by atoms with van der Waals surface area (Å²) in [6.45, 7) is 0.607. The Balaban J connectivity index is 2.32. The molecule has 1 amide bonds. The Morgan fingerprint density at radius 3 is 2.67 bits per heavy atom. The summed E-state index contributed by atoms with van der Waals surface area (Å²) in [6.07, 6.45) is 4.45. The van der Waals surface area contributed by atoms with Gasteiger partial charge in [0.25, 0.3) is 5.91 Å². The number of carbonyl (C=O) groups is 1. The fourth-order valence-electron chi connectivity index (χ4n) is 1.54. The molecule has 0 aliphatic rings. The maximum Gasteiger partial charge on any atom is 0.254 e. The van der Waals surface area contributed by atoms with Crippen molar-refractivity contribution in [1.82, 2.24) is 5.32 Å². The van der Waals surface area contributed by atoms with Crippen LogP contribution < -0.4 is 5.32 Å². The number of amides is 1. The van der Waals surface area contributed by atoms with Crippen molar-refractivity contribution in [1.29, 1.82) is 0 Å². The van der Waals surface area contributed by atoms with Gasteiger partial charge in [-0.25, -0.2) is 4.39 Å². The molecule has 1 N–H and O–H groups in total. The van der Waals surface area contributed by atoms with Gasteiger partial charge in [0.15, 0.2) is 0 Å². The quantitative estimate of drug-likeness (QED) is 0.392. The molecule has 0 saturated carbocycles. The first-order valence-corrected chi connectivity index (χ1v) is 8.26. The molecule has 2 nitrogen and oxygen atoms in total. The molecule has 0 saturated heterocycles. The van der Waals surface area contributed by atoms with Gasteiger partial charge in [0.05, 0.1) is 5.56 Å². The lowest BCUT2D eigenvalue weighted by Gasteiger charge is -2.06. The third kappa shape index (κ3) is 5.65. The summed E-state index contributed by atoms with van der Waals surface area (Å²) in [5.74, 6) is -0.833. The van der Waals surface area contributed by atoms with E-state index in [1.165, 1.54) is 29.4 Å². The second kappa shape index (κ2) is 8.85. The predicted octanol–water partition coefficient (Wildman–Crippen LogP) is 4.31. The van der Waals surface area contributed by atoms with Crippen molar-refractivity contribution in [2.24, 2.45) is 0 Å². The molecule has 1 aromatic carbocycles. The van der Waals surface area contributed by atoms with Crippen LogP contribution in [-0.2, 0) is 0 Å². The smallest absolute Gasteiger partial charge is 0.254 e. The molecule has 0 aliphatic carbocycles. The molecular weight excluding hydrogens is 412 g/mol. The van der Waals surface area contributed by atoms with Crippen molar-refractivity contribution in [2.45, 2.75) is 25.7 Å². The van der Waals surface area contributed by atoms with Gasteiger partial charge in [0, 0.05) is 11.0 Å². The standard InChI is InChI=1S/C13H16BrFINO/c14-10-5-6-11(12(15)9-10)13(18)17-8-4-2-1-3-7-16/h5-6,9H,1-4,7-8H2,(H,17,18). The molecule has 100 valence electrons. The predicted molar refractivity (Wildman–Crippen MR) is 83.8 cm³/mol. The van der Waals surface area contributed by atoms with Gasteiger partial charge in [-0.05, 0) is 35.5 Å². The average molecular weight is 428 g/mol. The molecule has 0 unspecified atom stereocenters. The molecule has 0 aromatic heterocycles. The zero-order valence-electron chi connectivity index (χ0n) is 10.0. The Morgan fingerprint density at radius 2 is 2.00 bits per heavy atom. The van der Waals surface area contributed by atoms with Gasteiger partial charge < -0.3 is 5.32 Å². The van der Waals surface area contributed by atoms with Crippen LogP contribution in [0.1, 0.15) is 36.0 Å². The van der Waals surface area contributed by atoms with Crippen molar-refractivity contribution in [3.63, 3.8) is 0 Å². The van der Waals surface area contributed by atoms with Crippen molar-refractivity contribution in [2.75, 3.05) is 11.0 Å². The summed E-state index contributed by atoms with van der Waals surface area (Å²) in [6, 6.07) is 4.46. The Hall–Kier alpha value is -0.170. The Kier molecular flexibility index (Phi) is 7.81. The second-order valence-corrected chi connectivity index (χ2v) is 5.98. The van der Waals surface area contributed by atoms with Crippen LogP contribution in [0.15, 0.2) is 22.7 Å². The van der Waals surface area contributed by atoms with E-state index in [1.54, 1.807) is 6.07 Å². The van der Waals surface area contributed by atoms with Gasteiger partial charge in [-0.15, -0.1) is 0 Å². The van der Waals surface area contributed by atoms with Crippen LogP contribution in [0.3, 0.4) is 0 Å². The zero-order valence-corrected chi connectivity index (χ0v) is 13.8. The summed E-state index contributed by atoms with van der Waals surface area (Å²) >= 11 is 5.52. The highest BCUT2D eigenvalue weighted by molar-refractivity contribution is 14.1. The minimum absolute atomic E-state index is 0.102. The summed E-state index contributed by atoms with van der Waals surface area (Å²) in [5, 5.41) is 2.74. The fourth-order valence-corrected chi connectivity index (χ4v) is 2.42. The van der Waals surface area contributed by atoms with E-state index in [1.807, 2.05) is 0 Å². The maximum atomic E-state index is 13.5. The van der Waals surface area contributed by atoms with E-state index in [2.05, 4.69) is 43.8 Å². The van der Waals surface area contributed by atoms with Crippen LogP contribution in [0.4, 0.5) is 4.39 Å². The molecule has 0 atom stereocenters. The Morgan fingerprint density at radius 1 is 1.28 bits per heavy atom. The van der Waals surface area contributed by atoms with Crippen LogP contribution in [0, 0.1) is 5.82 Å². The normalized spacial score (nSPS) is 10.4. The second-order valence-electron chi connectivity index (χ2n) is 3.98. The van der Waals surface area contributed by atoms with E-state index < -0.39 is 5.82 Å². The molecule has 1 aromatic rings. The Bertz CT molecular complexity index is 401. The molecule has 5 heteroatoms. The number of hydrogen-bond acceptors (Lipinski definition) is 1. The lowest BCUT2D eigenvalue weighted by Crippen LogP contribution is -2.25. The van der Waals surface area contributed by atoms with Crippen molar-refractivity contribution in [3.8, 4) is 0 Å². The molecule has 0 radical (unpaired) electrons. The lowest BCUT2D eigenvalue weighted by molar-refractivity contribution is 0.0949. The van der Waals surface area contributed by atoms with Crippen LogP contribution >= 0.6 is 38.5 Å². The highest BCUT2D eigenvalue weighted by atomic mass is 127. The average Bonchev–Trinajstić information content (AvgIpc) is 2.33. The molecule has 0 aliphatic heterocycles. The van der Waals surface area contributed by atoms with Gasteiger partial charge in [-0.3, -0.25) is 4.79 Å². The van der Waals surface area contributed by atoms with Gasteiger partial charge in [-0.1, -0.05) is 51.4 Å². The van der Waals surface area contributed by atoms with E-state index in [0.29, 0.717) is 11.0 Å². The number of nitrogens with one attached hydrogen (secondary N) is 1. The van der Waals surface area contributed by atoms with Gasteiger partial charge in [0.1, 0.15) is 5.82 Å². The van der Waals surface area contributed by atoms with E-state index in [4.69, 9.17) is 0 Å². The monoisotopic (exact) mass is 427 g/mol. The molecule has 18 heavy (non-hydrogen) atoms. The number of unbranched alkanes of at least 4 members (excludes halogenated alkanes) is 3. The van der Waals surface area contributed by atoms with Crippen molar-refractivity contribution < 1.29 is 9.18 Å². The minimum Gasteiger partial charge on any atom is -0.352 e. The SMILES string of the molecule is O=C(NCCCCCCI)c1ccc(Br)cc1F. The largest absolute Gasteiger partial charge is 0.352 e. The summed E-state index contributed by atoms with van der Waals surface area (Å²) in [4.78, 5) is 11.7. The topological polar surface area (TPSA) is 29.1 Å². The molecule has 0 heterocycles. The van der Waals surface area contributed by atoms with Gasteiger partial charge >= 0.3 is 0 Å². The van der Waals surface area contributed by atoms with Crippen LogP contribution in [0.5, 0.6) is 0 Å². The summed E-state index contributed by atoms with van der Waals surface area (Å²) in [7, 11) is 0. The third-order valence-corrected chi connectivity index (χ3v) is 3.78. The number of alkyl halides is 1. The van der Waals surface area contributed by atoms with E-state index in [0.717, 1.165) is 12.8 Å². The number of carbonyl (C=O) groups excluding carboxylic acids is 1. The number of halogens is 3. The first-order valence-electron chi connectivity index (χ1n) is 5.94. The first kappa shape index (κ1) is 15.9. The number of benzene rings is 1. The highest BCUT2D eigenvalue weighted by Gasteiger charge is 2.10. The molecule has 0 bridgehead atoms. The minimum atomic E-state index is -0.494. The van der Waals surface area contributed by atoms with Gasteiger partial charge in [0.2, 0.25) is 0 Å². The third-order valence-electron chi connectivity index (χ3n) is 2.52. The molecule has 0 spiro atoms. The maximum absolute atomic E-state index is 13.5. The number of rotatable bonds is 7. The lowest BCUT2D eigenvalue weighted by atomic mass is 10.2. The van der Waals surface area contributed by atoms with Crippen molar-refractivity contribution in [3.05, 3.63) is 34.1 Å². The first-order chi connectivity index (χ1) is 8.65. The summed E-state index contributed by atoms with van der Waals surface area (Å²) < 4.78 is 15.3. The molecule has 0 fully saturated rings. The zero-order chi connectivity index (χ0) is 13.4. The van der Waals surface area contributed by atoms with E-state index in [-0.39, 0.29) is 11.5 Å². The van der Waals surface area contributed by atoms with Crippen LogP contribution in [0.25, 0.3) is 0 Å². The van der Waals surface area contributed by atoms with Crippen LogP contribution in [-0.4, -0.2) is 16.9 Å². The van der Waals surface area contributed by atoms with E-state index >= 15 is 0 Å². The molecular formula is C13H16BrFINO. The van der Waals surface area contributed by atoms with Gasteiger partial charge in [-0.2, -0.15) is 0 Å². The van der Waals surface area contributed by atoms with Crippen LogP contribution in [0.2, 0.25) is 0 Å². The number of hydrogen-bond donors (Lipinski definition) is 1. The van der Waals surface area contributed by atoms with Crippen molar-refractivity contribution >= 4 is 44.4 Å². The highest BCUT2D eigenvalue weighted by Crippen LogP contribution is 2.15. The Labute approximate surface area is 129 Å². The molecule has 1 rings (SSSR count). The summed E-state index contributed by atoms with van der Waals surface area (Å²) in [5.41, 5.74) is 0.102. The fraction of sp³-hybridized carbons (Fsp3) is 0.462. The van der Waals surface area contributed by atoms with E-state index in [9.17, 15) is 9.18 Å².